The first-order valence-corrected chi connectivity index (χ1v) is 11.2. The molecule has 0 radical (unpaired) electrons. The molecule has 0 bridgehead atoms. The number of hydrogen-bond donors (Lipinski definition) is 1. The van der Waals surface area contributed by atoms with Gasteiger partial charge in [-0.2, -0.15) is 0 Å². The smallest absolute Gasteiger partial charge is 0.185 e. The summed E-state index contributed by atoms with van der Waals surface area (Å²) in [6, 6.07) is 6.53. The van der Waals surface area contributed by atoms with Crippen molar-refractivity contribution in [3.63, 3.8) is 0 Å². The van der Waals surface area contributed by atoms with Gasteiger partial charge in [-0.25, -0.2) is 18.2 Å². The van der Waals surface area contributed by atoms with E-state index in [9.17, 15) is 18.0 Å². The van der Waals surface area contributed by atoms with Crippen LogP contribution in [0, 0.1) is 23.4 Å². The Balaban J connectivity index is 1.61. The number of halogens is 3. The number of hydrogen-bond acceptors (Lipinski definition) is 5. The average molecular weight is 480 g/mol. The predicted octanol–water partition coefficient (Wildman–Crippen LogP) is 5.51. The Kier molecular flexibility index (Phi) is 7.14. The standard InChI is InChI=1S/C25H23F3N6O/c1-13-9-14(10-20(29)24(13)33-34-30)16-7-8-31-12-15(16)11-22(35)21-6-5-19(28)25(32-21)23-17(26)3-2-4-18(23)27/h2-8,12-14,20,24H,9-11,29H2,1H3/t13-,14+,20+,24-/m0/s1. The lowest BCUT2D eigenvalue weighted by molar-refractivity contribution is 0.0987. The highest BCUT2D eigenvalue weighted by Crippen LogP contribution is 2.38. The molecule has 1 aromatic carbocycles. The van der Waals surface area contributed by atoms with Crippen molar-refractivity contribution < 1.29 is 18.0 Å². The van der Waals surface area contributed by atoms with Crippen LogP contribution in [0.15, 0.2) is 53.9 Å². The Morgan fingerprint density at radius 2 is 1.89 bits per heavy atom. The lowest BCUT2D eigenvalue weighted by Gasteiger charge is -2.37. The second-order valence-corrected chi connectivity index (χ2v) is 8.80. The number of nitrogens with two attached hydrogens (primary N) is 1. The Hall–Kier alpha value is -3.75. The number of aromatic nitrogens is 2. The van der Waals surface area contributed by atoms with E-state index in [1.165, 1.54) is 6.07 Å². The number of azide groups is 1. The maximum absolute atomic E-state index is 14.4. The van der Waals surface area contributed by atoms with E-state index in [-0.39, 0.29) is 36.0 Å². The normalized spacial score (nSPS) is 21.9. The number of carbonyl (C=O) groups excluding carboxylic acids is 1. The molecule has 2 heterocycles. The van der Waals surface area contributed by atoms with Crippen LogP contribution in [0.3, 0.4) is 0 Å². The molecule has 3 aromatic rings. The quantitative estimate of drug-likeness (QED) is 0.217. The number of benzene rings is 1. The number of pyridine rings is 2. The molecular weight excluding hydrogens is 457 g/mol. The van der Waals surface area contributed by atoms with Crippen molar-refractivity contribution in [2.45, 2.75) is 44.2 Å². The molecule has 1 saturated carbocycles. The number of rotatable bonds is 6. The fraction of sp³-hybridized carbons (Fsp3) is 0.320. The van der Waals surface area contributed by atoms with Crippen molar-refractivity contribution >= 4 is 5.78 Å². The molecule has 4 rings (SSSR count). The highest BCUT2D eigenvalue weighted by Gasteiger charge is 2.34. The minimum atomic E-state index is -0.975. The van der Waals surface area contributed by atoms with Gasteiger partial charge < -0.3 is 5.73 Å². The third-order valence-electron chi connectivity index (χ3n) is 6.48. The molecule has 1 aliphatic rings. The number of Topliss-reactive ketones (excluding diaryl/α,β-unsaturated/α-hetero) is 1. The predicted molar refractivity (Wildman–Crippen MR) is 124 cm³/mol. The van der Waals surface area contributed by atoms with E-state index in [1.807, 2.05) is 13.0 Å². The number of nitrogens with zero attached hydrogens (tertiary/aromatic N) is 5. The van der Waals surface area contributed by atoms with Crippen molar-refractivity contribution in [2.75, 3.05) is 0 Å². The minimum absolute atomic E-state index is 0.0280. The van der Waals surface area contributed by atoms with Gasteiger partial charge >= 0.3 is 0 Å². The zero-order valence-electron chi connectivity index (χ0n) is 18.9. The first-order valence-electron chi connectivity index (χ1n) is 11.2. The molecule has 2 N–H and O–H groups in total. The van der Waals surface area contributed by atoms with Crippen LogP contribution in [0.2, 0.25) is 0 Å². The van der Waals surface area contributed by atoms with Gasteiger partial charge in [-0.15, -0.1) is 0 Å². The molecule has 10 heteroatoms. The second kappa shape index (κ2) is 10.2. The van der Waals surface area contributed by atoms with Gasteiger partial charge in [0.2, 0.25) is 0 Å². The van der Waals surface area contributed by atoms with Gasteiger partial charge in [0.05, 0.1) is 11.6 Å². The first kappa shape index (κ1) is 24.4. The zero-order valence-corrected chi connectivity index (χ0v) is 18.9. The van der Waals surface area contributed by atoms with E-state index in [2.05, 4.69) is 20.0 Å². The summed E-state index contributed by atoms with van der Waals surface area (Å²) < 4.78 is 42.8. The lowest BCUT2D eigenvalue weighted by Crippen LogP contribution is -2.43. The topological polar surface area (TPSA) is 118 Å². The molecule has 1 fully saturated rings. The molecular formula is C25H23F3N6O. The largest absolute Gasteiger partial charge is 0.327 e. The van der Waals surface area contributed by atoms with Crippen LogP contribution < -0.4 is 5.73 Å². The van der Waals surface area contributed by atoms with Gasteiger partial charge in [0.15, 0.2) is 5.78 Å². The van der Waals surface area contributed by atoms with Crippen LogP contribution in [0.25, 0.3) is 21.7 Å². The summed E-state index contributed by atoms with van der Waals surface area (Å²) in [6.45, 7) is 1.98. The van der Waals surface area contributed by atoms with E-state index < -0.39 is 34.5 Å². The van der Waals surface area contributed by atoms with Crippen molar-refractivity contribution in [2.24, 2.45) is 16.8 Å². The average Bonchev–Trinajstić information content (AvgIpc) is 2.82. The Bertz CT molecular complexity index is 1280. The summed E-state index contributed by atoms with van der Waals surface area (Å²) >= 11 is 0. The molecule has 0 saturated heterocycles. The molecule has 2 aromatic heterocycles. The van der Waals surface area contributed by atoms with E-state index in [0.717, 1.165) is 29.8 Å². The van der Waals surface area contributed by atoms with Crippen LogP contribution in [0.5, 0.6) is 0 Å². The molecule has 0 unspecified atom stereocenters. The zero-order chi connectivity index (χ0) is 25.1. The van der Waals surface area contributed by atoms with Gasteiger partial charge in [-0.05, 0) is 71.7 Å². The Labute approximate surface area is 199 Å². The van der Waals surface area contributed by atoms with Crippen LogP contribution in [0.1, 0.15) is 47.3 Å². The summed E-state index contributed by atoms with van der Waals surface area (Å²) in [5, 5.41) is 3.83. The third kappa shape index (κ3) is 5.03. The molecule has 180 valence electrons. The molecule has 4 atom stereocenters. The molecule has 0 aliphatic heterocycles. The highest BCUT2D eigenvalue weighted by molar-refractivity contribution is 5.96. The van der Waals surface area contributed by atoms with Crippen molar-refractivity contribution in [3.05, 3.63) is 93.5 Å². The van der Waals surface area contributed by atoms with Gasteiger partial charge in [-0.1, -0.05) is 18.1 Å². The Morgan fingerprint density at radius 3 is 2.57 bits per heavy atom. The highest BCUT2D eigenvalue weighted by atomic mass is 19.1. The monoisotopic (exact) mass is 480 g/mol. The number of ketones is 1. The number of carbonyl (C=O) groups is 1. The van der Waals surface area contributed by atoms with Crippen molar-refractivity contribution in [3.8, 4) is 11.3 Å². The van der Waals surface area contributed by atoms with Gasteiger partial charge in [0.25, 0.3) is 0 Å². The summed E-state index contributed by atoms with van der Waals surface area (Å²) in [5.74, 6) is -3.26. The van der Waals surface area contributed by atoms with Crippen LogP contribution in [-0.2, 0) is 6.42 Å². The van der Waals surface area contributed by atoms with E-state index in [0.29, 0.717) is 18.4 Å². The SMILES string of the molecule is C[C@H]1C[C@@H](c2ccncc2CC(=O)c2ccc(F)c(-c3c(F)cccc3F)n2)C[C@@H](N)[C@H]1N=[N+]=[N-]. The third-order valence-corrected chi connectivity index (χ3v) is 6.48. The van der Waals surface area contributed by atoms with Gasteiger partial charge in [0.1, 0.15) is 28.8 Å². The van der Waals surface area contributed by atoms with Crippen LogP contribution >= 0.6 is 0 Å². The van der Waals surface area contributed by atoms with Crippen molar-refractivity contribution in [1.82, 2.24) is 9.97 Å². The second-order valence-electron chi connectivity index (χ2n) is 8.80. The summed E-state index contributed by atoms with van der Waals surface area (Å²) in [5.41, 5.74) is 15.4. The summed E-state index contributed by atoms with van der Waals surface area (Å²) in [7, 11) is 0. The fourth-order valence-corrected chi connectivity index (χ4v) is 4.83. The first-order chi connectivity index (χ1) is 16.8. The molecule has 0 amide bonds. The van der Waals surface area contributed by atoms with Crippen LogP contribution in [0.4, 0.5) is 13.2 Å². The Morgan fingerprint density at radius 1 is 1.14 bits per heavy atom. The molecule has 7 nitrogen and oxygen atoms in total. The lowest BCUT2D eigenvalue weighted by atomic mass is 9.73. The van der Waals surface area contributed by atoms with Crippen molar-refractivity contribution in [1.29, 1.82) is 0 Å². The maximum Gasteiger partial charge on any atom is 0.185 e. The van der Waals surface area contributed by atoms with Gasteiger partial charge in [0, 0.05) is 29.8 Å². The van der Waals surface area contributed by atoms with E-state index in [1.54, 1.807) is 12.4 Å². The fourth-order valence-electron chi connectivity index (χ4n) is 4.83. The molecule has 0 spiro atoms. The summed E-state index contributed by atoms with van der Waals surface area (Å²) in [4.78, 5) is 24.1. The minimum Gasteiger partial charge on any atom is -0.327 e. The van der Waals surface area contributed by atoms with Crippen LogP contribution in [-0.4, -0.2) is 27.8 Å². The maximum atomic E-state index is 14.4. The van der Waals surface area contributed by atoms with Gasteiger partial charge in [-0.3, -0.25) is 9.78 Å². The van der Waals surface area contributed by atoms with E-state index >= 15 is 0 Å². The summed E-state index contributed by atoms with van der Waals surface area (Å²) in [6.07, 6.45) is 4.43. The molecule has 35 heavy (non-hydrogen) atoms. The molecule has 1 aliphatic carbocycles. The van der Waals surface area contributed by atoms with E-state index in [4.69, 9.17) is 11.3 Å².